The van der Waals surface area contributed by atoms with Crippen molar-refractivity contribution >= 4 is 20.2 Å². The van der Waals surface area contributed by atoms with Gasteiger partial charge in [0.05, 0.1) is 0 Å². The molecule has 0 spiro atoms. The van der Waals surface area contributed by atoms with E-state index in [0.717, 1.165) is 32.1 Å². The van der Waals surface area contributed by atoms with E-state index in [4.69, 9.17) is 0 Å². The van der Waals surface area contributed by atoms with Crippen molar-refractivity contribution in [3.05, 3.63) is 0 Å². The van der Waals surface area contributed by atoms with E-state index >= 15 is 0 Å². The molecule has 8 heteroatoms. The quantitative estimate of drug-likeness (QED) is 0.245. The van der Waals surface area contributed by atoms with Crippen LogP contribution in [0.1, 0.15) is 64.7 Å². The van der Waals surface area contributed by atoms with E-state index in [2.05, 4.69) is 10.00 Å². The first-order valence-corrected chi connectivity index (χ1v) is 11.1. The van der Waals surface area contributed by atoms with Gasteiger partial charge in [-0.1, -0.05) is 0 Å². The molecule has 0 N–H and O–H groups in total. The molecule has 126 valence electrons. The third-order valence-corrected chi connectivity index (χ3v) is 6.75. The fourth-order valence-corrected chi connectivity index (χ4v) is 4.21. The van der Waals surface area contributed by atoms with Gasteiger partial charge >= 0.3 is 130 Å². The van der Waals surface area contributed by atoms with E-state index in [1.54, 1.807) is 0 Å². The zero-order valence-electron chi connectivity index (χ0n) is 12.3. The van der Waals surface area contributed by atoms with Crippen LogP contribution in [-0.2, 0) is 6.15 Å². The second-order valence-electron chi connectivity index (χ2n) is 5.08. The maximum atomic E-state index is 13.2. The predicted molar refractivity (Wildman–Crippen MR) is 70.6 cm³/mol. The number of hydrogen-bond acceptors (Lipinski definition) is 2. The summed E-state index contributed by atoms with van der Waals surface area (Å²) < 4.78 is 74.2. The minimum atomic E-state index is -4.75. The Balaban J connectivity index is 3.72. The van der Waals surface area contributed by atoms with Gasteiger partial charge in [-0.2, -0.15) is 0 Å². The summed E-state index contributed by atoms with van der Waals surface area (Å²) in [6, 6.07) is 0. The molecule has 0 aromatic carbocycles. The maximum absolute atomic E-state index is 13.2. The van der Waals surface area contributed by atoms with Gasteiger partial charge in [0.25, 0.3) is 0 Å². The van der Waals surface area contributed by atoms with Gasteiger partial charge in [-0.05, 0) is 0 Å². The first kappa shape index (κ1) is 21.2. The summed E-state index contributed by atoms with van der Waals surface area (Å²) in [6.45, 7) is 2.06. The Labute approximate surface area is 130 Å². The van der Waals surface area contributed by atoms with Crippen LogP contribution in [-0.4, -0.2) is 36.9 Å². The van der Waals surface area contributed by atoms with Crippen LogP contribution in [0.4, 0.5) is 22.0 Å². The molecule has 2 nitrogen and oxygen atoms in total. The molecule has 0 radical (unpaired) electrons. The SMILES string of the molecule is CCCCCCCCC[O][Sn](=[O])[C](F)(F)CCC(F)(F)F. The molecule has 0 bridgehead atoms. The van der Waals surface area contributed by atoms with Crippen LogP contribution in [0.15, 0.2) is 0 Å². The summed E-state index contributed by atoms with van der Waals surface area (Å²) in [5.41, 5.74) is 0. The summed E-state index contributed by atoms with van der Waals surface area (Å²) in [7, 11) is 0. The standard InChI is InChI=1S/C9H19O.C4H4F5.O.Sn/c1-2-3-4-5-6-7-8-9-10;5-3(6)1-2-4(7,8)9;;/h2-9H2,1H3;1-2H2;;/q-1;;;+1. The van der Waals surface area contributed by atoms with Gasteiger partial charge < -0.3 is 0 Å². The van der Waals surface area contributed by atoms with Crippen LogP contribution in [0.3, 0.4) is 0 Å². The zero-order valence-corrected chi connectivity index (χ0v) is 15.1. The fourth-order valence-electron chi connectivity index (χ4n) is 1.73. The van der Waals surface area contributed by atoms with Crippen molar-refractivity contribution in [3.8, 4) is 0 Å². The molecule has 0 saturated carbocycles. The van der Waals surface area contributed by atoms with Gasteiger partial charge in [-0.15, -0.1) is 0 Å². The molecular weight excluding hydrogens is 402 g/mol. The van der Waals surface area contributed by atoms with Gasteiger partial charge in [-0.25, -0.2) is 0 Å². The monoisotopic (exact) mass is 426 g/mol. The van der Waals surface area contributed by atoms with Gasteiger partial charge in [0.1, 0.15) is 0 Å². The summed E-state index contributed by atoms with van der Waals surface area (Å²) in [6.07, 6.45) is -0.937. The Kier molecular flexibility index (Phi) is 11.0. The Morgan fingerprint density at radius 3 is 1.90 bits per heavy atom. The first-order valence-electron chi connectivity index (χ1n) is 7.31. The Morgan fingerprint density at radius 2 is 1.38 bits per heavy atom. The van der Waals surface area contributed by atoms with E-state index in [1.807, 2.05) is 0 Å². The number of alkyl halides is 5. The molecule has 0 amide bonds. The summed E-state index contributed by atoms with van der Waals surface area (Å²) in [5.74, 6) is 0. The fraction of sp³-hybridized carbons (Fsp3) is 1.00. The molecule has 0 atom stereocenters. The van der Waals surface area contributed by atoms with Crippen LogP contribution in [0.2, 0.25) is 0 Å². The van der Waals surface area contributed by atoms with Gasteiger partial charge in [0.2, 0.25) is 0 Å². The number of halogens is 5. The molecule has 0 aromatic heterocycles. The van der Waals surface area contributed by atoms with Crippen LogP contribution >= 0.6 is 0 Å². The normalized spacial score (nSPS) is 12.7. The van der Waals surface area contributed by atoms with Crippen molar-refractivity contribution in [2.45, 2.75) is 74.8 Å². The molecule has 0 aromatic rings. The molecule has 0 aliphatic carbocycles. The topological polar surface area (TPSA) is 26.3 Å². The van der Waals surface area contributed by atoms with Gasteiger partial charge in [-0.3, -0.25) is 0 Å². The van der Waals surface area contributed by atoms with Crippen molar-refractivity contribution in [3.63, 3.8) is 0 Å². The molecule has 0 aliphatic rings. The molecular formula is C13H23F5O2Sn. The predicted octanol–water partition coefficient (Wildman–Crippen LogP) is 5.19. The van der Waals surface area contributed by atoms with E-state index in [1.165, 1.54) is 6.42 Å². The molecule has 0 heterocycles. The van der Waals surface area contributed by atoms with E-state index in [0.29, 0.717) is 6.42 Å². The minimum absolute atomic E-state index is 0.0480. The van der Waals surface area contributed by atoms with Crippen molar-refractivity contribution in [2.75, 3.05) is 6.61 Å². The van der Waals surface area contributed by atoms with Crippen molar-refractivity contribution in [1.29, 1.82) is 0 Å². The Bertz CT molecular complexity index is 295. The van der Waals surface area contributed by atoms with E-state index in [-0.39, 0.29) is 6.61 Å². The second-order valence-corrected chi connectivity index (χ2v) is 9.63. The van der Waals surface area contributed by atoms with Crippen LogP contribution < -0.4 is 0 Å². The van der Waals surface area contributed by atoms with Gasteiger partial charge in [0.15, 0.2) is 0 Å². The van der Waals surface area contributed by atoms with Crippen LogP contribution in [0.25, 0.3) is 0 Å². The number of rotatable bonds is 12. The van der Waals surface area contributed by atoms with E-state index in [9.17, 15) is 25.0 Å². The summed E-state index contributed by atoms with van der Waals surface area (Å²) in [5, 5.41) is 0. The molecule has 0 unspecified atom stereocenters. The Hall–Kier alpha value is 0.209. The molecule has 0 rings (SSSR count). The zero-order chi connectivity index (χ0) is 16.4. The van der Waals surface area contributed by atoms with Crippen LogP contribution in [0, 0.1) is 0 Å². The Morgan fingerprint density at radius 1 is 0.857 bits per heavy atom. The van der Waals surface area contributed by atoms with Crippen molar-refractivity contribution < 1.29 is 28.1 Å². The van der Waals surface area contributed by atoms with Crippen molar-refractivity contribution in [1.82, 2.24) is 0 Å². The average Bonchev–Trinajstić information content (AvgIpc) is 2.38. The van der Waals surface area contributed by atoms with Crippen LogP contribution in [0.5, 0.6) is 0 Å². The summed E-state index contributed by atoms with van der Waals surface area (Å²) >= 11 is -4.75. The second kappa shape index (κ2) is 10.9. The third-order valence-electron chi connectivity index (χ3n) is 3.00. The van der Waals surface area contributed by atoms with Gasteiger partial charge in [0, 0.05) is 0 Å². The average molecular weight is 425 g/mol. The number of hydrogen-bond donors (Lipinski definition) is 0. The van der Waals surface area contributed by atoms with E-state index < -0.39 is 43.1 Å². The third kappa shape index (κ3) is 12.4. The molecule has 0 fully saturated rings. The number of unbranched alkanes of at least 4 members (excludes halogenated alkanes) is 6. The van der Waals surface area contributed by atoms with Crippen molar-refractivity contribution in [2.24, 2.45) is 0 Å². The first-order chi connectivity index (χ1) is 9.69. The molecule has 0 saturated heterocycles. The summed E-state index contributed by atoms with van der Waals surface area (Å²) in [4.78, 5) is 0. The molecule has 0 aliphatic heterocycles. The molecule has 21 heavy (non-hydrogen) atoms.